The first-order valence-corrected chi connectivity index (χ1v) is 13.5. The van der Waals surface area contributed by atoms with Gasteiger partial charge in [0.2, 0.25) is 0 Å². The third kappa shape index (κ3) is 4.72. The lowest BCUT2D eigenvalue weighted by atomic mass is 10.1. The van der Waals surface area contributed by atoms with Crippen LogP contribution in [0.3, 0.4) is 0 Å². The molecule has 0 fully saturated rings. The maximum atomic E-state index is 14.3. The molecule has 0 aliphatic rings. The smallest absolute Gasteiger partial charge is 0.260 e. The van der Waals surface area contributed by atoms with Crippen molar-refractivity contribution in [2.24, 2.45) is 0 Å². The van der Waals surface area contributed by atoms with Crippen LogP contribution < -0.4 is 9.64 Å². The van der Waals surface area contributed by atoms with E-state index in [-0.39, 0.29) is 5.91 Å². The van der Waals surface area contributed by atoms with Crippen LogP contribution in [0, 0.1) is 6.92 Å². The number of thiazole rings is 1. The van der Waals surface area contributed by atoms with Gasteiger partial charge in [0.25, 0.3) is 5.91 Å². The van der Waals surface area contributed by atoms with Crippen LogP contribution in [-0.2, 0) is 0 Å². The number of aromatic nitrogens is 2. The molecule has 36 heavy (non-hydrogen) atoms. The van der Waals surface area contributed by atoms with Gasteiger partial charge in [-0.1, -0.05) is 41.7 Å². The Bertz CT molecular complexity index is 1530. The summed E-state index contributed by atoms with van der Waals surface area (Å²) in [5.41, 5.74) is 4.16. The fourth-order valence-electron chi connectivity index (χ4n) is 4.26. The molecule has 5 rings (SSSR count). The SMILES string of the molecule is COc1ccc(C)c2sc(N(CCCN(C)C)C(=O)c3cc(-c4cccs4)nc4ccccc34)nc12. The standard InChI is InChI=1S/C28H28N4O2S2/c1-18-12-13-23(34-4)25-26(18)36-28(30-25)32(15-8-14-31(2)3)27(33)20-17-22(24-11-7-16-35-24)29-21-10-6-5-9-19(20)21/h5-7,9-13,16-17H,8,14-15H2,1-4H3. The quantitative estimate of drug-likeness (QED) is 0.236. The highest BCUT2D eigenvalue weighted by Gasteiger charge is 2.25. The molecular weight excluding hydrogens is 488 g/mol. The van der Waals surface area contributed by atoms with E-state index in [1.807, 2.05) is 79.0 Å². The number of aryl methyl sites for hydroxylation is 1. The molecule has 3 aromatic heterocycles. The Morgan fingerprint density at radius 1 is 1.03 bits per heavy atom. The molecule has 0 bridgehead atoms. The fraction of sp³-hybridized carbons (Fsp3) is 0.250. The number of anilines is 1. The summed E-state index contributed by atoms with van der Waals surface area (Å²) in [6.07, 6.45) is 0.825. The molecule has 1 amide bonds. The van der Waals surface area contributed by atoms with E-state index < -0.39 is 0 Å². The number of nitrogens with zero attached hydrogens (tertiary/aromatic N) is 4. The van der Waals surface area contributed by atoms with Crippen molar-refractivity contribution in [3.63, 3.8) is 0 Å². The number of ether oxygens (including phenoxy) is 1. The molecule has 6 nitrogen and oxygen atoms in total. The molecular formula is C28H28N4O2S2. The zero-order valence-electron chi connectivity index (χ0n) is 20.8. The Morgan fingerprint density at radius 2 is 1.86 bits per heavy atom. The summed E-state index contributed by atoms with van der Waals surface area (Å²) < 4.78 is 6.61. The molecule has 0 unspecified atom stereocenters. The molecule has 184 valence electrons. The largest absolute Gasteiger partial charge is 0.494 e. The van der Waals surface area contributed by atoms with Gasteiger partial charge in [0.1, 0.15) is 11.3 Å². The summed E-state index contributed by atoms with van der Waals surface area (Å²) in [7, 11) is 5.74. The van der Waals surface area contributed by atoms with Crippen molar-refractivity contribution in [2.45, 2.75) is 13.3 Å². The van der Waals surface area contributed by atoms with Gasteiger partial charge in [-0.2, -0.15) is 0 Å². The van der Waals surface area contributed by atoms with E-state index in [1.54, 1.807) is 18.4 Å². The van der Waals surface area contributed by atoms with Gasteiger partial charge in [0.05, 0.1) is 33.5 Å². The van der Waals surface area contributed by atoms with E-state index in [0.717, 1.165) is 50.2 Å². The maximum absolute atomic E-state index is 14.3. The number of amides is 1. The second-order valence-corrected chi connectivity index (χ2v) is 10.8. The maximum Gasteiger partial charge on any atom is 0.260 e. The van der Waals surface area contributed by atoms with E-state index in [1.165, 1.54) is 11.3 Å². The highest BCUT2D eigenvalue weighted by atomic mass is 32.1. The van der Waals surface area contributed by atoms with Crippen molar-refractivity contribution < 1.29 is 9.53 Å². The van der Waals surface area contributed by atoms with E-state index in [4.69, 9.17) is 14.7 Å². The summed E-state index contributed by atoms with van der Waals surface area (Å²) in [5, 5.41) is 3.55. The first-order chi connectivity index (χ1) is 17.5. The van der Waals surface area contributed by atoms with Crippen LogP contribution in [-0.4, -0.2) is 55.1 Å². The predicted octanol–water partition coefficient (Wildman–Crippen LogP) is 6.49. The first-order valence-electron chi connectivity index (χ1n) is 11.8. The molecule has 0 aliphatic carbocycles. The van der Waals surface area contributed by atoms with E-state index >= 15 is 0 Å². The summed E-state index contributed by atoms with van der Waals surface area (Å²) in [6.45, 7) is 3.49. The van der Waals surface area contributed by atoms with Crippen LogP contribution in [0.4, 0.5) is 5.13 Å². The number of rotatable bonds is 8. The molecule has 2 aromatic carbocycles. The number of hydrogen-bond acceptors (Lipinski definition) is 7. The van der Waals surface area contributed by atoms with Gasteiger partial charge in [-0.15, -0.1) is 11.3 Å². The number of fused-ring (bicyclic) bond motifs is 2. The molecule has 8 heteroatoms. The summed E-state index contributed by atoms with van der Waals surface area (Å²) in [5.74, 6) is 0.647. The Morgan fingerprint density at radius 3 is 2.61 bits per heavy atom. The third-order valence-electron chi connectivity index (χ3n) is 6.10. The average molecular weight is 517 g/mol. The first kappa shape index (κ1) is 24.4. The van der Waals surface area contributed by atoms with Crippen LogP contribution in [0.15, 0.2) is 60.0 Å². The van der Waals surface area contributed by atoms with Gasteiger partial charge in [0.15, 0.2) is 5.13 Å². The van der Waals surface area contributed by atoms with Crippen LogP contribution in [0.2, 0.25) is 0 Å². The van der Waals surface area contributed by atoms with Crippen molar-refractivity contribution >= 4 is 54.8 Å². The molecule has 0 aliphatic heterocycles. The molecule has 0 saturated carbocycles. The number of methoxy groups -OCH3 is 1. The molecule has 3 heterocycles. The molecule has 5 aromatic rings. The summed E-state index contributed by atoms with van der Waals surface area (Å²) in [4.78, 5) is 29.1. The number of pyridine rings is 1. The lowest BCUT2D eigenvalue weighted by molar-refractivity contribution is 0.0987. The highest BCUT2D eigenvalue weighted by molar-refractivity contribution is 7.22. The molecule has 0 spiro atoms. The van der Waals surface area contributed by atoms with Gasteiger partial charge in [-0.05, 0) is 69.2 Å². The predicted molar refractivity (Wildman–Crippen MR) is 151 cm³/mol. The Balaban J connectivity index is 1.64. The second kappa shape index (κ2) is 10.3. The van der Waals surface area contributed by atoms with Gasteiger partial charge < -0.3 is 9.64 Å². The van der Waals surface area contributed by atoms with Crippen molar-refractivity contribution in [3.05, 3.63) is 71.1 Å². The zero-order chi connectivity index (χ0) is 25.2. The number of benzene rings is 2. The Hall–Kier alpha value is -3.33. The fourth-order valence-corrected chi connectivity index (χ4v) is 6.02. The molecule has 0 saturated heterocycles. The minimum Gasteiger partial charge on any atom is -0.494 e. The second-order valence-electron chi connectivity index (χ2n) is 8.92. The van der Waals surface area contributed by atoms with Crippen LogP contribution in [0.5, 0.6) is 5.75 Å². The Labute approximate surface area is 218 Å². The van der Waals surface area contributed by atoms with E-state index in [9.17, 15) is 4.79 Å². The third-order valence-corrected chi connectivity index (χ3v) is 8.20. The van der Waals surface area contributed by atoms with Gasteiger partial charge in [-0.25, -0.2) is 9.97 Å². The minimum atomic E-state index is -0.0687. The number of carbonyl (C=O) groups excluding carboxylic acids is 1. The van der Waals surface area contributed by atoms with Crippen molar-refractivity contribution in [1.29, 1.82) is 0 Å². The molecule has 0 radical (unpaired) electrons. The molecule has 0 N–H and O–H groups in total. The minimum absolute atomic E-state index is 0.0687. The van der Waals surface area contributed by atoms with Crippen molar-refractivity contribution in [2.75, 3.05) is 39.2 Å². The Kier molecular flexibility index (Phi) is 7.00. The van der Waals surface area contributed by atoms with Gasteiger partial charge in [-0.3, -0.25) is 9.69 Å². The lowest BCUT2D eigenvalue weighted by Crippen LogP contribution is -2.33. The van der Waals surface area contributed by atoms with Gasteiger partial charge >= 0.3 is 0 Å². The number of carbonyl (C=O) groups is 1. The van der Waals surface area contributed by atoms with E-state index in [2.05, 4.69) is 11.8 Å². The highest BCUT2D eigenvalue weighted by Crippen LogP contribution is 2.37. The zero-order valence-corrected chi connectivity index (χ0v) is 22.4. The topological polar surface area (TPSA) is 58.6 Å². The number of para-hydroxylation sites is 1. The monoisotopic (exact) mass is 516 g/mol. The number of thiophene rings is 1. The number of hydrogen-bond donors (Lipinski definition) is 0. The average Bonchev–Trinajstić information content (AvgIpc) is 3.57. The van der Waals surface area contributed by atoms with Crippen LogP contribution in [0.25, 0.3) is 31.7 Å². The summed E-state index contributed by atoms with van der Waals surface area (Å²) >= 11 is 3.16. The summed E-state index contributed by atoms with van der Waals surface area (Å²) in [6, 6.07) is 17.8. The van der Waals surface area contributed by atoms with Crippen LogP contribution in [0.1, 0.15) is 22.3 Å². The molecule has 0 atom stereocenters. The van der Waals surface area contributed by atoms with Crippen molar-refractivity contribution in [1.82, 2.24) is 14.9 Å². The van der Waals surface area contributed by atoms with Crippen LogP contribution >= 0.6 is 22.7 Å². The van der Waals surface area contributed by atoms with E-state index in [0.29, 0.717) is 23.0 Å². The van der Waals surface area contributed by atoms with Crippen molar-refractivity contribution in [3.8, 4) is 16.3 Å². The lowest BCUT2D eigenvalue weighted by Gasteiger charge is -2.22. The van der Waals surface area contributed by atoms with Gasteiger partial charge in [0, 0.05) is 11.9 Å². The normalized spacial score (nSPS) is 11.5.